The summed E-state index contributed by atoms with van der Waals surface area (Å²) in [5.74, 6) is 1.71. The molecule has 2 aromatic rings. The first kappa shape index (κ1) is 14.4. The van der Waals surface area contributed by atoms with Gasteiger partial charge < -0.3 is 14.3 Å². The molecule has 22 heavy (non-hydrogen) atoms. The van der Waals surface area contributed by atoms with Crippen LogP contribution in [0.3, 0.4) is 0 Å². The van der Waals surface area contributed by atoms with Crippen molar-refractivity contribution < 1.29 is 14.3 Å². The fourth-order valence-electron chi connectivity index (χ4n) is 2.55. The van der Waals surface area contributed by atoms with Crippen molar-refractivity contribution >= 4 is 5.71 Å². The first-order valence-corrected chi connectivity index (χ1v) is 7.28. The summed E-state index contributed by atoms with van der Waals surface area (Å²) in [5.41, 5.74) is 3.25. The Morgan fingerprint density at radius 3 is 2.55 bits per heavy atom. The molecule has 0 aliphatic carbocycles. The third kappa shape index (κ3) is 3.22. The van der Waals surface area contributed by atoms with E-state index in [2.05, 4.69) is 11.2 Å². The van der Waals surface area contributed by atoms with E-state index in [0.29, 0.717) is 0 Å². The van der Waals surface area contributed by atoms with E-state index < -0.39 is 0 Å². The number of hydrogen-bond acceptors (Lipinski definition) is 4. The summed E-state index contributed by atoms with van der Waals surface area (Å²) in [4.78, 5) is 5.57. The second kappa shape index (κ2) is 6.52. The highest BCUT2D eigenvalue weighted by Crippen LogP contribution is 2.23. The molecule has 0 fully saturated rings. The Morgan fingerprint density at radius 1 is 1.05 bits per heavy atom. The van der Waals surface area contributed by atoms with Crippen LogP contribution in [0.1, 0.15) is 17.5 Å². The zero-order valence-electron chi connectivity index (χ0n) is 12.8. The van der Waals surface area contributed by atoms with Crippen LogP contribution >= 0.6 is 0 Å². The van der Waals surface area contributed by atoms with Gasteiger partial charge in [-0.1, -0.05) is 17.3 Å². The van der Waals surface area contributed by atoms with Gasteiger partial charge in [-0.3, -0.25) is 0 Å². The standard InChI is InChI=1S/C18H19NO3/c1-20-15-8-6-14(7-9-15)18-12-17(22-19-18)11-13-4-3-5-16(10-13)21-2/h3-10,17H,11-12H2,1-2H3/t17-/m1/s1. The van der Waals surface area contributed by atoms with E-state index in [-0.39, 0.29) is 6.10 Å². The third-order valence-electron chi connectivity index (χ3n) is 3.75. The minimum absolute atomic E-state index is 0.0733. The smallest absolute Gasteiger partial charge is 0.137 e. The van der Waals surface area contributed by atoms with Gasteiger partial charge in [0, 0.05) is 12.8 Å². The van der Waals surface area contributed by atoms with E-state index in [1.165, 1.54) is 5.56 Å². The molecule has 0 radical (unpaired) electrons. The number of benzene rings is 2. The number of hydrogen-bond donors (Lipinski definition) is 0. The molecule has 1 aliphatic rings. The van der Waals surface area contributed by atoms with Crippen molar-refractivity contribution in [3.8, 4) is 11.5 Å². The van der Waals surface area contributed by atoms with E-state index in [4.69, 9.17) is 14.3 Å². The van der Waals surface area contributed by atoms with Crippen molar-refractivity contribution in [3.63, 3.8) is 0 Å². The molecule has 0 spiro atoms. The van der Waals surface area contributed by atoms with Crippen molar-refractivity contribution in [1.29, 1.82) is 0 Å². The number of methoxy groups -OCH3 is 2. The van der Waals surface area contributed by atoms with Crippen molar-refractivity contribution in [2.75, 3.05) is 14.2 Å². The number of nitrogens with zero attached hydrogens (tertiary/aromatic N) is 1. The molecule has 1 heterocycles. The lowest BCUT2D eigenvalue weighted by Gasteiger charge is -2.09. The van der Waals surface area contributed by atoms with Crippen LogP contribution < -0.4 is 9.47 Å². The molecule has 1 aliphatic heterocycles. The van der Waals surface area contributed by atoms with Gasteiger partial charge in [0.15, 0.2) is 0 Å². The zero-order valence-corrected chi connectivity index (χ0v) is 12.8. The van der Waals surface area contributed by atoms with Gasteiger partial charge in [-0.05, 0) is 47.5 Å². The minimum atomic E-state index is 0.0733. The monoisotopic (exact) mass is 297 g/mol. The Kier molecular flexibility index (Phi) is 4.28. The van der Waals surface area contributed by atoms with Crippen LogP contribution in [0.25, 0.3) is 0 Å². The molecule has 0 unspecified atom stereocenters. The molecule has 0 saturated heterocycles. The summed E-state index contributed by atoms with van der Waals surface area (Å²) >= 11 is 0. The first-order chi connectivity index (χ1) is 10.8. The van der Waals surface area contributed by atoms with E-state index in [9.17, 15) is 0 Å². The van der Waals surface area contributed by atoms with Gasteiger partial charge in [-0.2, -0.15) is 0 Å². The van der Waals surface area contributed by atoms with Crippen LogP contribution in [-0.2, 0) is 11.3 Å². The van der Waals surface area contributed by atoms with Crippen LogP contribution in [0, 0.1) is 0 Å². The topological polar surface area (TPSA) is 40.0 Å². The Balaban J connectivity index is 1.63. The highest BCUT2D eigenvalue weighted by Gasteiger charge is 2.22. The summed E-state index contributed by atoms with van der Waals surface area (Å²) in [7, 11) is 3.34. The fraction of sp³-hybridized carbons (Fsp3) is 0.278. The normalized spacial score (nSPS) is 16.8. The molecule has 4 nitrogen and oxygen atoms in total. The average molecular weight is 297 g/mol. The second-order valence-electron chi connectivity index (χ2n) is 5.25. The molecule has 2 aromatic carbocycles. The lowest BCUT2D eigenvalue weighted by molar-refractivity contribution is 0.0859. The second-order valence-corrected chi connectivity index (χ2v) is 5.25. The Labute approximate surface area is 130 Å². The lowest BCUT2D eigenvalue weighted by atomic mass is 10.0. The SMILES string of the molecule is COc1ccc(C2=NO[C@H](Cc3cccc(OC)c3)C2)cc1. The molecule has 0 N–H and O–H groups in total. The van der Waals surface area contributed by atoms with Crippen LogP contribution in [-0.4, -0.2) is 26.0 Å². The van der Waals surface area contributed by atoms with Crippen molar-refractivity contribution in [3.05, 3.63) is 59.7 Å². The molecule has 0 amide bonds. The van der Waals surface area contributed by atoms with Crippen molar-refractivity contribution in [2.24, 2.45) is 5.16 Å². The van der Waals surface area contributed by atoms with Crippen molar-refractivity contribution in [1.82, 2.24) is 0 Å². The fourth-order valence-corrected chi connectivity index (χ4v) is 2.55. The molecule has 3 rings (SSSR count). The molecule has 0 saturated carbocycles. The third-order valence-corrected chi connectivity index (χ3v) is 3.75. The van der Waals surface area contributed by atoms with E-state index in [1.54, 1.807) is 14.2 Å². The number of oxime groups is 1. The molecule has 4 heteroatoms. The number of ether oxygens (including phenoxy) is 2. The summed E-state index contributed by atoms with van der Waals surface area (Å²) in [6.45, 7) is 0. The van der Waals surface area contributed by atoms with E-state index >= 15 is 0 Å². The van der Waals surface area contributed by atoms with Gasteiger partial charge >= 0.3 is 0 Å². The van der Waals surface area contributed by atoms with Gasteiger partial charge in [-0.15, -0.1) is 0 Å². The lowest BCUT2D eigenvalue weighted by Crippen LogP contribution is -2.12. The Morgan fingerprint density at radius 2 is 1.82 bits per heavy atom. The van der Waals surface area contributed by atoms with E-state index in [1.807, 2.05) is 42.5 Å². The summed E-state index contributed by atoms with van der Waals surface area (Å²) in [6.07, 6.45) is 1.70. The predicted octanol–water partition coefficient (Wildman–Crippen LogP) is 3.44. The van der Waals surface area contributed by atoms with Gasteiger partial charge in [0.25, 0.3) is 0 Å². The summed E-state index contributed by atoms with van der Waals surface area (Å²) in [6, 6.07) is 15.9. The van der Waals surface area contributed by atoms with Crippen LogP contribution in [0.5, 0.6) is 11.5 Å². The van der Waals surface area contributed by atoms with Gasteiger partial charge in [0.1, 0.15) is 17.6 Å². The molecule has 0 bridgehead atoms. The molecule has 1 atom stereocenters. The molecule has 114 valence electrons. The first-order valence-electron chi connectivity index (χ1n) is 7.28. The Hall–Kier alpha value is -2.49. The maximum Gasteiger partial charge on any atom is 0.137 e. The molecular formula is C18H19NO3. The zero-order chi connectivity index (χ0) is 15.4. The van der Waals surface area contributed by atoms with Crippen LogP contribution in [0.2, 0.25) is 0 Å². The minimum Gasteiger partial charge on any atom is -0.497 e. The highest BCUT2D eigenvalue weighted by atomic mass is 16.6. The van der Waals surface area contributed by atoms with Crippen LogP contribution in [0.15, 0.2) is 53.7 Å². The quantitative estimate of drug-likeness (QED) is 0.848. The van der Waals surface area contributed by atoms with E-state index in [0.717, 1.165) is 35.6 Å². The van der Waals surface area contributed by atoms with Gasteiger partial charge in [-0.25, -0.2) is 0 Å². The molecular weight excluding hydrogens is 278 g/mol. The Bertz CT molecular complexity index is 664. The van der Waals surface area contributed by atoms with Gasteiger partial charge in [0.2, 0.25) is 0 Å². The maximum atomic E-state index is 5.57. The predicted molar refractivity (Wildman–Crippen MR) is 85.7 cm³/mol. The van der Waals surface area contributed by atoms with Gasteiger partial charge in [0.05, 0.1) is 19.9 Å². The van der Waals surface area contributed by atoms with Crippen LogP contribution in [0.4, 0.5) is 0 Å². The summed E-state index contributed by atoms with van der Waals surface area (Å²) in [5, 5.41) is 4.23. The largest absolute Gasteiger partial charge is 0.497 e. The highest BCUT2D eigenvalue weighted by molar-refractivity contribution is 6.01. The number of rotatable bonds is 5. The maximum absolute atomic E-state index is 5.57. The molecule has 0 aromatic heterocycles. The van der Waals surface area contributed by atoms with Crippen molar-refractivity contribution in [2.45, 2.75) is 18.9 Å². The average Bonchev–Trinajstić information content (AvgIpc) is 3.03. The summed E-state index contributed by atoms with van der Waals surface area (Å²) < 4.78 is 10.4.